The fourth-order valence-corrected chi connectivity index (χ4v) is 4.19. The number of aryl methyl sites for hydroxylation is 2. The number of aliphatic imine (C=N–C) groups is 1. The summed E-state index contributed by atoms with van der Waals surface area (Å²) in [5, 5.41) is 8.09. The minimum Gasteiger partial charge on any atom is -0.357 e. The first kappa shape index (κ1) is 20.7. The molecule has 0 amide bonds. The predicted molar refractivity (Wildman–Crippen MR) is 111 cm³/mol. The Labute approximate surface area is 162 Å². The van der Waals surface area contributed by atoms with Gasteiger partial charge in [-0.3, -0.25) is 0 Å². The van der Waals surface area contributed by atoms with E-state index in [1.807, 2.05) is 0 Å². The van der Waals surface area contributed by atoms with Gasteiger partial charge in [0.1, 0.15) is 5.01 Å². The maximum Gasteiger partial charge on any atom is 0.191 e. The van der Waals surface area contributed by atoms with Crippen LogP contribution < -0.4 is 10.6 Å². The minimum absolute atomic E-state index is 0. The molecule has 4 nitrogen and oxygen atoms in total. The van der Waals surface area contributed by atoms with Crippen LogP contribution in [0.5, 0.6) is 0 Å². The van der Waals surface area contributed by atoms with Crippen molar-refractivity contribution in [3.63, 3.8) is 0 Å². The molecule has 1 saturated carbocycles. The van der Waals surface area contributed by atoms with Gasteiger partial charge in [0.2, 0.25) is 0 Å². The van der Waals surface area contributed by atoms with Gasteiger partial charge in [-0.05, 0) is 51.9 Å². The molecule has 1 fully saturated rings. The Morgan fingerprint density at radius 1 is 1.22 bits per heavy atom. The van der Waals surface area contributed by atoms with Gasteiger partial charge in [0, 0.05) is 17.5 Å². The lowest BCUT2D eigenvalue weighted by Crippen LogP contribution is -2.46. The predicted octanol–water partition coefficient (Wildman–Crippen LogP) is 4.26. The summed E-state index contributed by atoms with van der Waals surface area (Å²) in [6, 6.07) is 0.538. The molecule has 1 aliphatic carbocycles. The van der Waals surface area contributed by atoms with E-state index in [2.05, 4.69) is 50.2 Å². The summed E-state index contributed by atoms with van der Waals surface area (Å²) in [6.45, 7) is 12.6. The molecule has 0 aliphatic heterocycles. The summed E-state index contributed by atoms with van der Waals surface area (Å²) in [4.78, 5) is 10.6. The van der Waals surface area contributed by atoms with Crippen LogP contribution in [0.25, 0.3) is 0 Å². The molecule has 2 rings (SSSR count). The van der Waals surface area contributed by atoms with Crippen molar-refractivity contribution >= 4 is 41.3 Å². The number of aromatic nitrogens is 1. The van der Waals surface area contributed by atoms with Crippen molar-refractivity contribution < 1.29 is 0 Å². The van der Waals surface area contributed by atoms with E-state index in [4.69, 9.17) is 4.99 Å². The number of guanidine groups is 1. The van der Waals surface area contributed by atoms with Crippen LogP contribution in [0, 0.1) is 25.7 Å². The number of hydrogen-bond acceptors (Lipinski definition) is 3. The van der Waals surface area contributed by atoms with E-state index in [-0.39, 0.29) is 24.0 Å². The number of nitrogens with one attached hydrogen (secondary N) is 2. The van der Waals surface area contributed by atoms with Gasteiger partial charge in [-0.2, -0.15) is 0 Å². The third-order valence-electron chi connectivity index (χ3n) is 4.31. The quantitative estimate of drug-likeness (QED) is 0.410. The number of nitrogens with zero attached hydrogens (tertiary/aromatic N) is 2. The van der Waals surface area contributed by atoms with Crippen LogP contribution in [0.3, 0.4) is 0 Å². The highest BCUT2D eigenvalue weighted by Crippen LogP contribution is 2.28. The fourth-order valence-electron chi connectivity index (χ4n) is 3.33. The van der Waals surface area contributed by atoms with Crippen molar-refractivity contribution in [3.8, 4) is 0 Å². The van der Waals surface area contributed by atoms with Crippen molar-refractivity contribution in [2.75, 3.05) is 6.54 Å². The van der Waals surface area contributed by atoms with Crippen molar-refractivity contribution in [1.82, 2.24) is 15.6 Å². The monoisotopic (exact) mass is 450 g/mol. The molecule has 0 bridgehead atoms. The van der Waals surface area contributed by atoms with Crippen LogP contribution in [0.4, 0.5) is 0 Å². The highest BCUT2D eigenvalue weighted by atomic mass is 127. The first-order valence-electron chi connectivity index (χ1n) is 8.45. The first-order chi connectivity index (χ1) is 10.5. The SMILES string of the molecule is CCNC(=NCc1nc(C)c(C)s1)NC1CC(C)CC(C)C1.I. The summed E-state index contributed by atoms with van der Waals surface area (Å²) < 4.78 is 0. The van der Waals surface area contributed by atoms with Crippen LogP contribution >= 0.6 is 35.3 Å². The Morgan fingerprint density at radius 3 is 2.39 bits per heavy atom. The molecular formula is C17H31IN4S. The zero-order chi connectivity index (χ0) is 16.1. The molecule has 1 aliphatic rings. The normalized spacial score (nSPS) is 24.9. The van der Waals surface area contributed by atoms with Gasteiger partial charge in [0.05, 0.1) is 12.2 Å². The van der Waals surface area contributed by atoms with E-state index in [1.54, 1.807) is 11.3 Å². The van der Waals surface area contributed by atoms with Gasteiger partial charge < -0.3 is 10.6 Å². The lowest BCUT2D eigenvalue weighted by atomic mass is 9.80. The van der Waals surface area contributed by atoms with Crippen molar-refractivity contribution in [2.45, 2.75) is 66.5 Å². The summed E-state index contributed by atoms with van der Waals surface area (Å²) in [5.74, 6) is 2.53. The third-order valence-corrected chi connectivity index (χ3v) is 5.37. The van der Waals surface area contributed by atoms with E-state index in [1.165, 1.54) is 24.1 Å². The number of rotatable bonds is 4. The van der Waals surface area contributed by atoms with Gasteiger partial charge in [-0.1, -0.05) is 13.8 Å². The second-order valence-corrected chi connectivity index (χ2v) is 7.99. The number of thiazole rings is 1. The Kier molecular flexibility index (Phi) is 8.82. The molecule has 0 saturated heterocycles. The van der Waals surface area contributed by atoms with Gasteiger partial charge in [0.25, 0.3) is 0 Å². The Bertz CT molecular complexity index is 485. The van der Waals surface area contributed by atoms with Crippen LogP contribution in [0.2, 0.25) is 0 Å². The molecule has 0 aromatic carbocycles. The Morgan fingerprint density at radius 2 is 1.87 bits per heavy atom. The molecule has 0 radical (unpaired) electrons. The molecule has 23 heavy (non-hydrogen) atoms. The van der Waals surface area contributed by atoms with Crippen molar-refractivity contribution in [2.24, 2.45) is 16.8 Å². The van der Waals surface area contributed by atoms with E-state index in [0.29, 0.717) is 12.6 Å². The number of hydrogen-bond donors (Lipinski definition) is 2. The highest BCUT2D eigenvalue weighted by Gasteiger charge is 2.24. The fraction of sp³-hybridized carbons (Fsp3) is 0.765. The molecule has 0 spiro atoms. The maximum absolute atomic E-state index is 4.72. The topological polar surface area (TPSA) is 49.3 Å². The lowest BCUT2D eigenvalue weighted by Gasteiger charge is -2.32. The van der Waals surface area contributed by atoms with Gasteiger partial charge in [-0.25, -0.2) is 9.98 Å². The molecule has 1 heterocycles. The van der Waals surface area contributed by atoms with Gasteiger partial charge in [-0.15, -0.1) is 35.3 Å². The van der Waals surface area contributed by atoms with Gasteiger partial charge in [0.15, 0.2) is 5.96 Å². The molecular weight excluding hydrogens is 419 g/mol. The lowest BCUT2D eigenvalue weighted by molar-refractivity contribution is 0.255. The molecule has 2 unspecified atom stereocenters. The van der Waals surface area contributed by atoms with Crippen LogP contribution in [0.1, 0.15) is 55.6 Å². The average molecular weight is 450 g/mol. The van der Waals surface area contributed by atoms with E-state index in [0.717, 1.165) is 35.0 Å². The average Bonchev–Trinajstić information content (AvgIpc) is 2.74. The summed E-state index contributed by atoms with van der Waals surface area (Å²) in [6.07, 6.45) is 3.83. The minimum atomic E-state index is 0. The Balaban J connectivity index is 0.00000264. The molecule has 132 valence electrons. The first-order valence-corrected chi connectivity index (χ1v) is 9.27. The van der Waals surface area contributed by atoms with E-state index in [9.17, 15) is 0 Å². The molecule has 6 heteroatoms. The van der Waals surface area contributed by atoms with Crippen molar-refractivity contribution in [1.29, 1.82) is 0 Å². The molecule has 1 aromatic heterocycles. The van der Waals surface area contributed by atoms with Crippen LogP contribution in [0.15, 0.2) is 4.99 Å². The molecule has 2 atom stereocenters. The zero-order valence-corrected chi connectivity index (χ0v) is 18.1. The van der Waals surface area contributed by atoms with Crippen LogP contribution in [-0.4, -0.2) is 23.5 Å². The summed E-state index contributed by atoms with van der Waals surface area (Å²) in [7, 11) is 0. The Hall–Kier alpha value is -0.370. The van der Waals surface area contributed by atoms with E-state index >= 15 is 0 Å². The highest BCUT2D eigenvalue weighted by molar-refractivity contribution is 14.0. The van der Waals surface area contributed by atoms with Crippen LogP contribution in [-0.2, 0) is 6.54 Å². The summed E-state index contributed by atoms with van der Waals surface area (Å²) in [5.41, 5.74) is 1.13. The smallest absolute Gasteiger partial charge is 0.191 e. The summed E-state index contributed by atoms with van der Waals surface area (Å²) >= 11 is 1.75. The third kappa shape index (κ3) is 6.57. The molecule has 2 N–H and O–H groups in total. The van der Waals surface area contributed by atoms with Crippen molar-refractivity contribution in [3.05, 3.63) is 15.6 Å². The maximum atomic E-state index is 4.72. The second kappa shape index (κ2) is 9.81. The van der Waals surface area contributed by atoms with E-state index < -0.39 is 0 Å². The second-order valence-electron chi connectivity index (χ2n) is 6.70. The number of halogens is 1. The molecule has 1 aromatic rings. The zero-order valence-electron chi connectivity index (χ0n) is 15.0. The largest absolute Gasteiger partial charge is 0.357 e. The van der Waals surface area contributed by atoms with Gasteiger partial charge >= 0.3 is 0 Å². The standard InChI is InChI=1S/C17H30N4S.HI/c1-6-18-17(19-10-16-20-13(4)14(5)22-16)21-15-8-11(2)7-12(3)9-15;/h11-12,15H,6-10H2,1-5H3,(H2,18,19,21);1H.